The van der Waals surface area contributed by atoms with Gasteiger partial charge in [-0.3, -0.25) is 4.57 Å². The second kappa shape index (κ2) is 12.3. The Morgan fingerprint density at radius 2 is 1.02 bits per heavy atom. The molecule has 3 aromatic heterocycles. The minimum absolute atomic E-state index is 0.604. The smallest absolute Gasteiger partial charge is 0.199 e. The van der Waals surface area contributed by atoms with Gasteiger partial charge in [-0.25, -0.2) is 15.0 Å². The molecule has 0 aliphatic heterocycles. The number of hydrogen-bond donors (Lipinski definition) is 0. The lowest BCUT2D eigenvalue weighted by Gasteiger charge is -2.10. The third kappa shape index (κ3) is 4.98. The van der Waals surface area contributed by atoms with Gasteiger partial charge in [0.2, 0.25) is 0 Å². The van der Waals surface area contributed by atoms with Crippen molar-refractivity contribution in [1.82, 2.24) is 24.1 Å². The van der Waals surface area contributed by atoms with E-state index >= 15 is 0 Å². The van der Waals surface area contributed by atoms with Gasteiger partial charge in [-0.05, 0) is 70.8 Å². The summed E-state index contributed by atoms with van der Waals surface area (Å²) < 4.78 is 4.46. The van der Waals surface area contributed by atoms with Crippen molar-refractivity contribution in [3.05, 3.63) is 188 Å². The molecule has 0 fully saturated rings. The Balaban J connectivity index is 1.15. The number of imidazole rings is 1. The molecule has 10 aromatic rings. The topological polar surface area (TPSA) is 48.5 Å². The lowest BCUT2D eigenvalue weighted by atomic mass is 9.96. The van der Waals surface area contributed by atoms with E-state index in [0.29, 0.717) is 5.65 Å². The summed E-state index contributed by atoms with van der Waals surface area (Å²) in [6.07, 6.45) is 1.87. The van der Waals surface area contributed by atoms with Crippen LogP contribution in [-0.2, 0) is 0 Å². The van der Waals surface area contributed by atoms with E-state index in [1.165, 1.54) is 27.4 Å². The molecule has 7 aromatic carbocycles. The van der Waals surface area contributed by atoms with Crippen molar-refractivity contribution in [1.29, 1.82) is 0 Å². The monoisotopic (exact) mass is 665 g/mol. The summed E-state index contributed by atoms with van der Waals surface area (Å²) in [6.45, 7) is 0. The van der Waals surface area contributed by atoms with Crippen LogP contribution in [0.4, 0.5) is 0 Å². The van der Waals surface area contributed by atoms with Crippen LogP contribution < -0.4 is 0 Å². The van der Waals surface area contributed by atoms with Crippen molar-refractivity contribution in [2.45, 2.75) is 0 Å². The maximum absolute atomic E-state index is 5.12. The fourth-order valence-corrected chi connectivity index (χ4v) is 7.42. The number of fused-ring (bicyclic) bond motifs is 4. The van der Waals surface area contributed by atoms with Crippen LogP contribution in [0.2, 0.25) is 0 Å². The molecule has 0 bridgehead atoms. The first kappa shape index (κ1) is 29.8. The molecular weight excluding hydrogens is 635 g/mol. The van der Waals surface area contributed by atoms with Gasteiger partial charge in [0.1, 0.15) is 5.82 Å². The molecule has 0 N–H and O–H groups in total. The fourth-order valence-electron chi connectivity index (χ4n) is 7.42. The first-order chi connectivity index (χ1) is 25.8. The Hall–Kier alpha value is -7.11. The average Bonchev–Trinajstić information content (AvgIpc) is 3.78. The van der Waals surface area contributed by atoms with E-state index in [-0.39, 0.29) is 0 Å². The van der Waals surface area contributed by atoms with Crippen molar-refractivity contribution in [3.63, 3.8) is 0 Å². The highest BCUT2D eigenvalue weighted by molar-refractivity contribution is 6.16. The summed E-state index contributed by atoms with van der Waals surface area (Å²) in [5.41, 5.74) is 13.2. The van der Waals surface area contributed by atoms with Crippen LogP contribution in [-0.4, -0.2) is 24.1 Å². The fraction of sp³-hybridized carbons (Fsp3) is 0. The van der Waals surface area contributed by atoms with Crippen LogP contribution in [0.1, 0.15) is 0 Å². The molecule has 5 nitrogen and oxygen atoms in total. The van der Waals surface area contributed by atoms with E-state index < -0.39 is 0 Å². The molecular formula is C47H31N5. The van der Waals surface area contributed by atoms with Crippen LogP contribution in [0.5, 0.6) is 0 Å². The summed E-state index contributed by atoms with van der Waals surface area (Å²) >= 11 is 0. The molecule has 0 atom stereocenters. The van der Waals surface area contributed by atoms with E-state index in [1.807, 2.05) is 42.6 Å². The lowest BCUT2D eigenvalue weighted by molar-refractivity contribution is 1.08. The third-order valence-electron chi connectivity index (χ3n) is 9.80. The second-order valence-corrected chi connectivity index (χ2v) is 12.9. The maximum Gasteiger partial charge on any atom is 0.199 e. The highest BCUT2D eigenvalue weighted by atomic mass is 15.2. The molecule has 10 rings (SSSR count). The van der Waals surface area contributed by atoms with Gasteiger partial charge in [0.05, 0.1) is 22.9 Å². The van der Waals surface area contributed by atoms with Crippen molar-refractivity contribution < 1.29 is 0 Å². The summed E-state index contributed by atoms with van der Waals surface area (Å²) in [4.78, 5) is 15.2. The molecule has 5 heteroatoms. The number of para-hydroxylation sites is 2. The molecule has 0 unspecified atom stereocenters. The van der Waals surface area contributed by atoms with Crippen LogP contribution in [0.3, 0.4) is 0 Å². The molecule has 0 aliphatic rings. The molecule has 0 spiro atoms. The normalized spacial score (nSPS) is 11.5. The molecule has 0 saturated carbocycles. The minimum atomic E-state index is 0.604. The first-order valence-corrected chi connectivity index (χ1v) is 17.5. The highest BCUT2D eigenvalue weighted by Crippen LogP contribution is 2.41. The van der Waals surface area contributed by atoms with Gasteiger partial charge in [-0.1, -0.05) is 133 Å². The largest absolute Gasteiger partial charge is 0.309 e. The molecule has 0 radical (unpaired) electrons. The maximum atomic E-state index is 5.12. The van der Waals surface area contributed by atoms with Crippen molar-refractivity contribution >= 4 is 33.1 Å². The molecule has 52 heavy (non-hydrogen) atoms. The zero-order valence-corrected chi connectivity index (χ0v) is 28.1. The van der Waals surface area contributed by atoms with Gasteiger partial charge in [0.15, 0.2) is 11.3 Å². The first-order valence-electron chi connectivity index (χ1n) is 17.5. The van der Waals surface area contributed by atoms with E-state index in [2.05, 4.69) is 155 Å². The average molecular weight is 666 g/mol. The Morgan fingerprint density at radius 1 is 0.404 bits per heavy atom. The van der Waals surface area contributed by atoms with E-state index in [1.54, 1.807) is 0 Å². The van der Waals surface area contributed by atoms with Gasteiger partial charge in [0.25, 0.3) is 0 Å². The zero-order chi connectivity index (χ0) is 34.4. The summed E-state index contributed by atoms with van der Waals surface area (Å²) in [5, 5.41) is 2.43. The van der Waals surface area contributed by atoms with Crippen molar-refractivity contribution in [3.8, 4) is 56.3 Å². The number of hydrogen-bond acceptors (Lipinski definition) is 3. The predicted molar refractivity (Wildman–Crippen MR) is 213 cm³/mol. The van der Waals surface area contributed by atoms with E-state index in [4.69, 9.17) is 15.0 Å². The van der Waals surface area contributed by atoms with Gasteiger partial charge >= 0.3 is 0 Å². The standard InChI is InChI=1S/C47H31N5/c1-5-15-32(16-6-1)34-27-28-42-40(30-34)44-39(25-14-26-43(44)51(42)37-21-9-3-10-22-37)35-19-13-20-36(29-35)41-31-48-47-45(49-41)50-46(33-17-7-2-8-18-33)52(47)38-23-11-4-12-24-38/h1-31H. The van der Waals surface area contributed by atoms with E-state index in [0.717, 1.165) is 56.3 Å². The van der Waals surface area contributed by atoms with Crippen LogP contribution >= 0.6 is 0 Å². The summed E-state index contributed by atoms with van der Waals surface area (Å²) in [6, 6.07) is 63.7. The number of nitrogens with zero attached hydrogens (tertiary/aromatic N) is 5. The van der Waals surface area contributed by atoms with Gasteiger partial charge in [-0.2, -0.15) is 0 Å². The Kier molecular flexibility index (Phi) is 7.07. The Morgan fingerprint density at radius 3 is 1.75 bits per heavy atom. The SMILES string of the molecule is c1ccc(-c2ccc3c(c2)c2c(-c4cccc(-c5cnc6c(n5)nc(-c5ccccc5)n6-c5ccccc5)c4)cccc2n3-c2ccccc2)cc1. The van der Waals surface area contributed by atoms with Crippen molar-refractivity contribution in [2.24, 2.45) is 0 Å². The quantitative estimate of drug-likeness (QED) is 0.178. The van der Waals surface area contributed by atoms with Gasteiger partial charge in [-0.15, -0.1) is 0 Å². The second-order valence-electron chi connectivity index (χ2n) is 12.9. The molecule has 0 aliphatic carbocycles. The summed E-state index contributed by atoms with van der Waals surface area (Å²) in [5.74, 6) is 0.809. The van der Waals surface area contributed by atoms with Crippen LogP contribution in [0.15, 0.2) is 188 Å². The van der Waals surface area contributed by atoms with E-state index in [9.17, 15) is 0 Å². The third-order valence-corrected chi connectivity index (χ3v) is 9.80. The van der Waals surface area contributed by atoms with Gasteiger partial charge < -0.3 is 4.57 Å². The van der Waals surface area contributed by atoms with Crippen LogP contribution in [0.25, 0.3) is 89.4 Å². The minimum Gasteiger partial charge on any atom is -0.309 e. The van der Waals surface area contributed by atoms with Crippen molar-refractivity contribution in [2.75, 3.05) is 0 Å². The summed E-state index contributed by atoms with van der Waals surface area (Å²) in [7, 11) is 0. The predicted octanol–water partition coefficient (Wildman–Crippen LogP) is 11.6. The Bertz CT molecular complexity index is 2880. The molecule has 3 heterocycles. The molecule has 0 saturated heterocycles. The molecule has 0 amide bonds. The Labute approximate surface area is 300 Å². The number of benzene rings is 7. The number of aromatic nitrogens is 5. The molecule has 244 valence electrons. The van der Waals surface area contributed by atoms with Crippen LogP contribution in [0, 0.1) is 0 Å². The number of rotatable bonds is 6. The van der Waals surface area contributed by atoms with Gasteiger partial charge in [0, 0.05) is 33.3 Å². The highest BCUT2D eigenvalue weighted by Gasteiger charge is 2.19. The zero-order valence-electron chi connectivity index (χ0n) is 28.1. The lowest BCUT2D eigenvalue weighted by Crippen LogP contribution is -1.98.